The van der Waals surface area contributed by atoms with Gasteiger partial charge in [0.2, 0.25) is 10.0 Å². The number of hydrogen-bond donors (Lipinski definition) is 2. The quantitative estimate of drug-likeness (QED) is 0.848. The molecule has 118 valence electrons. The lowest BCUT2D eigenvalue weighted by atomic mass is 9.93. The minimum atomic E-state index is -3.47. The third-order valence-electron chi connectivity index (χ3n) is 4.87. The normalized spacial score (nSPS) is 17.2. The Morgan fingerprint density at radius 3 is 2.33 bits per heavy atom. The van der Waals surface area contributed by atoms with Gasteiger partial charge in [-0.15, -0.1) is 0 Å². The molecule has 4 nitrogen and oxygen atoms in total. The van der Waals surface area contributed by atoms with Gasteiger partial charge in [0.05, 0.1) is 4.90 Å². The van der Waals surface area contributed by atoms with Crippen molar-refractivity contribution >= 4 is 10.0 Å². The van der Waals surface area contributed by atoms with Crippen molar-refractivity contribution in [3.8, 4) is 0 Å². The first-order valence-electron chi connectivity index (χ1n) is 7.52. The van der Waals surface area contributed by atoms with E-state index in [2.05, 4.69) is 18.6 Å². The molecule has 21 heavy (non-hydrogen) atoms. The Morgan fingerprint density at radius 2 is 1.86 bits per heavy atom. The summed E-state index contributed by atoms with van der Waals surface area (Å²) in [5.74, 6) is 0.499. The molecular formula is C16H26N2O2S. The second kappa shape index (κ2) is 5.71. The van der Waals surface area contributed by atoms with Crippen molar-refractivity contribution in [3.05, 3.63) is 28.8 Å². The van der Waals surface area contributed by atoms with Crippen molar-refractivity contribution in [2.45, 2.75) is 52.0 Å². The van der Waals surface area contributed by atoms with Gasteiger partial charge in [0.1, 0.15) is 0 Å². The maximum absolute atomic E-state index is 12.6. The standard InChI is InChI=1S/C16H26N2O2S/c1-11(2)16(5-6-16)10-18-21(19,20)15-8-14(9-17)12(3)7-13(15)4/h7-8,11,18H,5-6,9-10,17H2,1-4H3. The van der Waals surface area contributed by atoms with Crippen LogP contribution in [0, 0.1) is 25.2 Å². The number of rotatable bonds is 6. The molecule has 1 saturated carbocycles. The second-order valence-electron chi connectivity index (χ2n) is 6.59. The molecule has 0 unspecified atom stereocenters. The van der Waals surface area contributed by atoms with E-state index >= 15 is 0 Å². The van der Waals surface area contributed by atoms with Crippen molar-refractivity contribution < 1.29 is 8.42 Å². The summed E-state index contributed by atoms with van der Waals surface area (Å²) < 4.78 is 28.0. The number of nitrogens with one attached hydrogen (secondary N) is 1. The molecule has 5 heteroatoms. The number of sulfonamides is 1. The molecule has 1 fully saturated rings. The molecule has 2 rings (SSSR count). The predicted octanol–water partition coefficient (Wildman–Crippen LogP) is 2.48. The van der Waals surface area contributed by atoms with Crippen LogP contribution >= 0.6 is 0 Å². The van der Waals surface area contributed by atoms with Gasteiger partial charge < -0.3 is 5.73 Å². The summed E-state index contributed by atoms with van der Waals surface area (Å²) in [4.78, 5) is 0.355. The van der Waals surface area contributed by atoms with Gasteiger partial charge in [0.15, 0.2) is 0 Å². The van der Waals surface area contributed by atoms with Gasteiger partial charge in [-0.05, 0) is 60.8 Å². The SMILES string of the molecule is Cc1cc(C)c(S(=O)(=O)NCC2(C(C)C)CC2)cc1CN. The zero-order valence-corrected chi connectivity index (χ0v) is 14.2. The Morgan fingerprint density at radius 1 is 1.24 bits per heavy atom. The highest BCUT2D eigenvalue weighted by Crippen LogP contribution is 2.51. The van der Waals surface area contributed by atoms with Gasteiger partial charge in [0.25, 0.3) is 0 Å². The van der Waals surface area contributed by atoms with Gasteiger partial charge in [-0.2, -0.15) is 0 Å². The van der Waals surface area contributed by atoms with Crippen LogP contribution in [-0.2, 0) is 16.6 Å². The molecule has 0 atom stereocenters. The molecule has 0 saturated heterocycles. The molecule has 1 aliphatic carbocycles. The second-order valence-corrected chi connectivity index (χ2v) is 8.33. The lowest BCUT2D eigenvalue weighted by Crippen LogP contribution is -2.33. The van der Waals surface area contributed by atoms with Crippen LogP contribution in [0.2, 0.25) is 0 Å². The fourth-order valence-corrected chi connectivity index (χ4v) is 4.23. The fraction of sp³-hybridized carbons (Fsp3) is 0.625. The van der Waals surface area contributed by atoms with Gasteiger partial charge >= 0.3 is 0 Å². The highest BCUT2D eigenvalue weighted by molar-refractivity contribution is 7.89. The lowest BCUT2D eigenvalue weighted by molar-refractivity contribution is 0.357. The van der Waals surface area contributed by atoms with E-state index in [1.54, 1.807) is 6.07 Å². The van der Waals surface area contributed by atoms with Crippen LogP contribution in [0.25, 0.3) is 0 Å². The summed E-state index contributed by atoms with van der Waals surface area (Å²) in [6.45, 7) is 8.98. The summed E-state index contributed by atoms with van der Waals surface area (Å²) in [5.41, 5.74) is 8.53. The van der Waals surface area contributed by atoms with E-state index in [9.17, 15) is 8.42 Å². The van der Waals surface area contributed by atoms with E-state index in [1.807, 2.05) is 19.9 Å². The monoisotopic (exact) mass is 310 g/mol. The van der Waals surface area contributed by atoms with E-state index in [0.29, 0.717) is 23.9 Å². The van der Waals surface area contributed by atoms with E-state index in [-0.39, 0.29) is 5.41 Å². The van der Waals surface area contributed by atoms with Crippen LogP contribution in [0.15, 0.2) is 17.0 Å². The smallest absolute Gasteiger partial charge is 0.240 e. The average Bonchev–Trinajstić information content (AvgIpc) is 3.17. The number of hydrogen-bond acceptors (Lipinski definition) is 3. The Hall–Kier alpha value is -0.910. The molecule has 0 heterocycles. The topological polar surface area (TPSA) is 72.2 Å². The number of benzene rings is 1. The first-order chi connectivity index (χ1) is 9.72. The van der Waals surface area contributed by atoms with Crippen LogP contribution in [0.5, 0.6) is 0 Å². The van der Waals surface area contributed by atoms with Crippen molar-refractivity contribution in [3.63, 3.8) is 0 Å². The zero-order valence-electron chi connectivity index (χ0n) is 13.4. The Bertz CT molecular complexity index is 632. The molecule has 0 amide bonds. The third kappa shape index (κ3) is 3.30. The van der Waals surface area contributed by atoms with Crippen molar-refractivity contribution in [1.29, 1.82) is 0 Å². The first-order valence-corrected chi connectivity index (χ1v) is 9.00. The van der Waals surface area contributed by atoms with Gasteiger partial charge in [-0.1, -0.05) is 19.9 Å². The molecule has 0 aliphatic heterocycles. The summed E-state index contributed by atoms with van der Waals surface area (Å²) >= 11 is 0. The number of aryl methyl sites for hydroxylation is 2. The van der Waals surface area contributed by atoms with E-state index in [4.69, 9.17) is 5.73 Å². The van der Waals surface area contributed by atoms with Gasteiger partial charge in [-0.3, -0.25) is 0 Å². The zero-order chi connectivity index (χ0) is 15.8. The van der Waals surface area contributed by atoms with Crippen LogP contribution < -0.4 is 10.5 Å². The molecule has 0 radical (unpaired) electrons. The fourth-order valence-electron chi connectivity index (χ4n) is 2.82. The Balaban J connectivity index is 2.24. The Labute approximate surface area is 128 Å². The molecule has 3 N–H and O–H groups in total. The molecule has 0 aromatic heterocycles. The third-order valence-corrected chi connectivity index (χ3v) is 6.42. The summed E-state index contributed by atoms with van der Waals surface area (Å²) in [6.07, 6.45) is 2.21. The summed E-state index contributed by atoms with van der Waals surface area (Å²) in [5, 5.41) is 0. The Kier molecular flexibility index (Phi) is 4.47. The van der Waals surface area contributed by atoms with Crippen LogP contribution in [0.4, 0.5) is 0 Å². The largest absolute Gasteiger partial charge is 0.326 e. The maximum atomic E-state index is 12.6. The van der Waals surface area contributed by atoms with Crippen molar-refractivity contribution in [2.24, 2.45) is 17.1 Å². The molecular weight excluding hydrogens is 284 g/mol. The molecule has 0 spiro atoms. The molecule has 0 bridgehead atoms. The highest BCUT2D eigenvalue weighted by atomic mass is 32.2. The first kappa shape index (κ1) is 16.5. The molecule has 1 aromatic rings. The minimum absolute atomic E-state index is 0.155. The number of nitrogens with two attached hydrogens (primary N) is 1. The predicted molar refractivity (Wildman–Crippen MR) is 85.5 cm³/mol. The van der Waals surface area contributed by atoms with E-state index in [1.165, 1.54) is 0 Å². The average molecular weight is 310 g/mol. The van der Waals surface area contributed by atoms with Crippen molar-refractivity contribution in [1.82, 2.24) is 4.72 Å². The van der Waals surface area contributed by atoms with Crippen LogP contribution in [-0.4, -0.2) is 15.0 Å². The maximum Gasteiger partial charge on any atom is 0.240 e. The van der Waals surface area contributed by atoms with Gasteiger partial charge in [-0.25, -0.2) is 13.1 Å². The van der Waals surface area contributed by atoms with Crippen molar-refractivity contribution in [2.75, 3.05) is 6.54 Å². The van der Waals surface area contributed by atoms with E-state index in [0.717, 1.165) is 29.5 Å². The molecule has 1 aromatic carbocycles. The summed E-state index contributed by atoms with van der Waals surface area (Å²) in [7, 11) is -3.47. The molecule has 1 aliphatic rings. The lowest BCUT2D eigenvalue weighted by Gasteiger charge is -2.20. The summed E-state index contributed by atoms with van der Waals surface area (Å²) in [6, 6.07) is 3.61. The van der Waals surface area contributed by atoms with E-state index < -0.39 is 10.0 Å². The van der Waals surface area contributed by atoms with Crippen LogP contribution in [0.1, 0.15) is 43.4 Å². The van der Waals surface area contributed by atoms with Crippen LogP contribution in [0.3, 0.4) is 0 Å². The van der Waals surface area contributed by atoms with Gasteiger partial charge in [0, 0.05) is 13.1 Å². The minimum Gasteiger partial charge on any atom is -0.326 e. The highest BCUT2D eigenvalue weighted by Gasteiger charge is 2.45.